The molecule has 4 rings (SSSR count). The number of nitro groups is 1. The molecular formula is C19H16N6O3. The minimum absolute atomic E-state index is 0.0300. The number of nitrogens with zero attached hydrogens (tertiary/aromatic N) is 5. The van der Waals surface area contributed by atoms with Crippen LogP contribution in [0, 0.1) is 23.0 Å². The lowest BCUT2D eigenvalue weighted by Crippen LogP contribution is -2.14. The third-order valence-electron chi connectivity index (χ3n) is 4.43. The summed E-state index contributed by atoms with van der Waals surface area (Å²) in [5, 5.41) is 13.9. The Hall–Kier alpha value is -3.75. The molecule has 1 aliphatic rings. The number of hydrogen-bond acceptors (Lipinski definition) is 7. The van der Waals surface area contributed by atoms with Crippen LogP contribution in [0.4, 0.5) is 11.5 Å². The summed E-state index contributed by atoms with van der Waals surface area (Å²) in [6.07, 6.45) is 6.20. The molecule has 3 heterocycles. The largest absolute Gasteiger partial charge is 0.310 e. The molecule has 3 aromatic heterocycles. The maximum absolute atomic E-state index is 11.9. The van der Waals surface area contributed by atoms with Gasteiger partial charge in [0.05, 0.1) is 10.6 Å². The van der Waals surface area contributed by atoms with Crippen molar-refractivity contribution in [2.45, 2.75) is 19.8 Å². The lowest BCUT2D eigenvalue weighted by molar-refractivity contribution is -0.385. The molecule has 0 saturated heterocycles. The van der Waals surface area contributed by atoms with Gasteiger partial charge < -0.3 is 5.32 Å². The smallest absolute Gasteiger partial charge is 0.288 e. The molecule has 1 saturated carbocycles. The van der Waals surface area contributed by atoms with Crippen molar-refractivity contribution < 1.29 is 9.72 Å². The van der Waals surface area contributed by atoms with E-state index in [2.05, 4.69) is 25.3 Å². The molecule has 0 spiro atoms. The maximum Gasteiger partial charge on any atom is 0.288 e. The molecule has 0 bridgehead atoms. The van der Waals surface area contributed by atoms with Crippen molar-refractivity contribution >= 4 is 17.4 Å². The highest BCUT2D eigenvalue weighted by molar-refractivity contribution is 5.93. The van der Waals surface area contributed by atoms with Gasteiger partial charge in [0.15, 0.2) is 5.82 Å². The number of pyridine rings is 2. The first-order valence-electron chi connectivity index (χ1n) is 8.73. The van der Waals surface area contributed by atoms with Gasteiger partial charge in [-0.15, -0.1) is 0 Å². The molecule has 9 nitrogen and oxygen atoms in total. The summed E-state index contributed by atoms with van der Waals surface area (Å²) in [7, 11) is 0. The first kappa shape index (κ1) is 17.7. The highest BCUT2D eigenvalue weighted by Gasteiger charge is 2.29. The number of carbonyl (C=O) groups is 1. The highest BCUT2D eigenvalue weighted by atomic mass is 16.6. The fourth-order valence-corrected chi connectivity index (χ4v) is 2.74. The second kappa shape index (κ2) is 7.10. The zero-order valence-corrected chi connectivity index (χ0v) is 15.0. The summed E-state index contributed by atoms with van der Waals surface area (Å²) < 4.78 is 0. The van der Waals surface area contributed by atoms with Gasteiger partial charge in [0, 0.05) is 41.2 Å². The number of anilines is 1. The number of hydrogen-bond donors (Lipinski definition) is 1. The van der Waals surface area contributed by atoms with Crippen molar-refractivity contribution in [1.29, 1.82) is 0 Å². The Labute approximate surface area is 160 Å². The molecule has 1 amide bonds. The van der Waals surface area contributed by atoms with E-state index in [-0.39, 0.29) is 17.5 Å². The van der Waals surface area contributed by atoms with E-state index < -0.39 is 4.92 Å². The average molecular weight is 376 g/mol. The summed E-state index contributed by atoms with van der Waals surface area (Å²) in [6, 6.07) is 6.57. The van der Waals surface area contributed by atoms with Crippen LogP contribution in [0.2, 0.25) is 0 Å². The van der Waals surface area contributed by atoms with Crippen molar-refractivity contribution in [3.8, 4) is 22.6 Å². The second-order valence-electron chi connectivity index (χ2n) is 6.54. The predicted octanol–water partition coefficient (Wildman–Crippen LogP) is 3.17. The normalized spacial score (nSPS) is 13.2. The summed E-state index contributed by atoms with van der Waals surface area (Å²) in [5.41, 5.74) is 2.30. The Balaban J connectivity index is 1.67. The van der Waals surface area contributed by atoms with E-state index in [0.717, 1.165) is 12.8 Å². The van der Waals surface area contributed by atoms with Crippen LogP contribution in [-0.2, 0) is 4.79 Å². The monoisotopic (exact) mass is 376 g/mol. The van der Waals surface area contributed by atoms with Crippen LogP contribution in [0.1, 0.15) is 18.5 Å². The van der Waals surface area contributed by atoms with E-state index in [0.29, 0.717) is 34.2 Å². The van der Waals surface area contributed by atoms with Crippen LogP contribution in [0.25, 0.3) is 22.6 Å². The zero-order chi connectivity index (χ0) is 19.7. The van der Waals surface area contributed by atoms with Crippen molar-refractivity contribution in [3.63, 3.8) is 0 Å². The fraction of sp³-hybridized carbons (Fsp3) is 0.211. The molecule has 0 aliphatic heterocycles. The molecule has 140 valence electrons. The van der Waals surface area contributed by atoms with Crippen molar-refractivity contribution in [2.75, 3.05) is 5.32 Å². The Morgan fingerprint density at radius 2 is 1.96 bits per heavy atom. The number of carbonyl (C=O) groups excluding carboxylic acids is 1. The standard InChI is InChI=1S/C19H16N6O3/c1-11-15(9-14(10-22-11)25(27)28)16-5-7-21-18(23-16)13-4-6-20-17(8-13)24-19(26)12-2-3-12/h4-10,12H,2-3H2,1H3,(H,20,24,26). The Morgan fingerprint density at radius 1 is 1.18 bits per heavy atom. The van der Waals surface area contributed by atoms with Crippen LogP contribution in [-0.4, -0.2) is 30.8 Å². The van der Waals surface area contributed by atoms with Gasteiger partial charge in [0.2, 0.25) is 5.91 Å². The molecule has 0 atom stereocenters. The number of rotatable bonds is 5. The topological polar surface area (TPSA) is 124 Å². The van der Waals surface area contributed by atoms with Crippen molar-refractivity contribution in [3.05, 3.63) is 58.7 Å². The molecule has 1 N–H and O–H groups in total. The van der Waals surface area contributed by atoms with E-state index in [4.69, 9.17) is 0 Å². The number of aryl methyl sites for hydroxylation is 1. The summed E-state index contributed by atoms with van der Waals surface area (Å²) in [6.45, 7) is 1.76. The molecule has 3 aromatic rings. The molecule has 28 heavy (non-hydrogen) atoms. The van der Waals surface area contributed by atoms with E-state index in [9.17, 15) is 14.9 Å². The van der Waals surface area contributed by atoms with E-state index in [1.54, 1.807) is 37.5 Å². The Bertz CT molecular complexity index is 1080. The highest BCUT2D eigenvalue weighted by Crippen LogP contribution is 2.30. The van der Waals surface area contributed by atoms with Gasteiger partial charge in [0.25, 0.3) is 5.69 Å². The summed E-state index contributed by atoms with van der Waals surface area (Å²) in [5.74, 6) is 0.913. The number of nitrogens with one attached hydrogen (secondary N) is 1. The molecule has 1 fully saturated rings. The Morgan fingerprint density at radius 3 is 2.71 bits per heavy atom. The summed E-state index contributed by atoms with van der Waals surface area (Å²) in [4.78, 5) is 39.6. The zero-order valence-electron chi connectivity index (χ0n) is 15.0. The minimum Gasteiger partial charge on any atom is -0.310 e. The molecular weight excluding hydrogens is 360 g/mol. The molecule has 0 unspecified atom stereocenters. The van der Waals surface area contributed by atoms with Gasteiger partial charge in [0.1, 0.15) is 12.0 Å². The molecule has 0 aromatic carbocycles. The van der Waals surface area contributed by atoms with Gasteiger partial charge in [-0.25, -0.2) is 15.0 Å². The molecule has 9 heteroatoms. The second-order valence-corrected chi connectivity index (χ2v) is 6.54. The van der Waals surface area contributed by atoms with Gasteiger partial charge in [-0.1, -0.05) is 0 Å². The van der Waals surface area contributed by atoms with E-state index in [1.807, 2.05) is 0 Å². The lowest BCUT2D eigenvalue weighted by Gasteiger charge is -2.08. The van der Waals surface area contributed by atoms with Crippen LogP contribution in [0.3, 0.4) is 0 Å². The van der Waals surface area contributed by atoms with Crippen LogP contribution < -0.4 is 5.32 Å². The lowest BCUT2D eigenvalue weighted by atomic mass is 10.1. The minimum atomic E-state index is -0.490. The van der Waals surface area contributed by atoms with Gasteiger partial charge >= 0.3 is 0 Å². The van der Waals surface area contributed by atoms with Crippen molar-refractivity contribution in [2.24, 2.45) is 5.92 Å². The first-order chi connectivity index (χ1) is 13.5. The third kappa shape index (κ3) is 3.68. The number of aromatic nitrogens is 4. The van der Waals surface area contributed by atoms with E-state index in [1.165, 1.54) is 12.3 Å². The van der Waals surface area contributed by atoms with Crippen molar-refractivity contribution in [1.82, 2.24) is 19.9 Å². The van der Waals surface area contributed by atoms with Gasteiger partial charge in [-0.2, -0.15) is 0 Å². The SMILES string of the molecule is Cc1ncc([N+](=O)[O-])cc1-c1ccnc(-c2ccnc(NC(=O)C3CC3)c2)n1. The third-order valence-corrected chi connectivity index (χ3v) is 4.43. The molecule has 1 aliphatic carbocycles. The van der Waals surface area contributed by atoms with Gasteiger partial charge in [-0.3, -0.25) is 19.9 Å². The maximum atomic E-state index is 11.9. The van der Waals surface area contributed by atoms with Crippen LogP contribution in [0.5, 0.6) is 0 Å². The predicted molar refractivity (Wildman–Crippen MR) is 101 cm³/mol. The Kier molecular flexibility index (Phi) is 4.48. The quantitative estimate of drug-likeness (QED) is 0.536. The van der Waals surface area contributed by atoms with Gasteiger partial charge in [-0.05, 0) is 38.0 Å². The average Bonchev–Trinajstić information content (AvgIpc) is 3.54. The number of amides is 1. The summed E-state index contributed by atoms with van der Waals surface area (Å²) >= 11 is 0. The van der Waals surface area contributed by atoms with Crippen LogP contribution in [0.15, 0.2) is 42.9 Å². The molecule has 0 radical (unpaired) electrons. The first-order valence-corrected chi connectivity index (χ1v) is 8.73. The fourth-order valence-electron chi connectivity index (χ4n) is 2.74. The van der Waals surface area contributed by atoms with Crippen LogP contribution >= 0.6 is 0 Å². The van der Waals surface area contributed by atoms with E-state index >= 15 is 0 Å².